The Kier molecular flexibility index (Phi) is 7.57. The van der Waals surface area contributed by atoms with E-state index in [1.54, 1.807) is 36.4 Å². The maximum atomic E-state index is 12.8. The van der Waals surface area contributed by atoms with E-state index in [1.807, 2.05) is 37.3 Å². The van der Waals surface area contributed by atoms with Crippen molar-refractivity contribution in [2.24, 2.45) is 0 Å². The van der Waals surface area contributed by atoms with Crippen molar-refractivity contribution in [3.05, 3.63) is 88.5 Å². The number of anilines is 1. The van der Waals surface area contributed by atoms with Crippen LogP contribution in [0.5, 0.6) is 17.2 Å². The first-order valence-electron chi connectivity index (χ1n) is 11.1. The van der Waals surface area contributed by atoms with Crippen molar-refractivity contribution >= 4 is 35.2 Å². The number of halogens is 1. The Morgan fingerprint density at radius 3 is 2.40 bits per heavy atom. The van der Waals surface area contributed by atoms with E-state index >= 15 is 0 Å². The molecule has 1 aliphatic heterocycles. The molecule has 0 aliphatic carbocycles. The average Bonchev–Trinajstić information content (AvgIpc) is 3.14. The van der Waals surface area contributed by atoms with Crippen LogP contribution >= 0.6 is 11.6 Å². The first kappa shape index (κ1) is 24.2. The van der Waals surface area contributed by atoms with E-state index in [4.69, 9.17) is 25.8 Å². The third-order valence-corrected chi connectivity index (χ3v) is 5.57. The maximum Gasteiger partial charge on any atom is 0.282 e. The Hall–Kier alpha value is -3.97. The number of carbonyl (C=O) groups is 2. The molecular formula is C27H25ClN2O5. The summed E-state index contributed by atoms with van der Waals surface area (Å²) < 4.78 is 17.0. The van der Waals surface area contributed by atoms with Gasteiger partial charge in [0, 0.05) is 6.42 Å². The van der Waals surface area contributed by atoms with E-state index < -0.39 is 11.8 Å². The smallest absolute Gasteiger partial charge is 0.282 e. The number of methoxy groups -OCH3 is 1. The number of hydrazine groups is 1. The van der Waals surface area contributed by atoms with Crippen LogP contribution in [0.15, 0.2) is 72.3 Å². The summed E-state index contributed by atoms with van der Waals surface area (Å²) in [5, 5.41) is 1.52. The van der Waals surface area contributed by atoms with Gasteiger partial charge in [-0.1, -0.05) is 47.5 Å². The molecule has 0 bridgehead atoms. The zero-order valence-electron chi connectivity index (χ0n) is 19.4. The number of amides is 2. The molecular weight excluding hydrogens is 468 g/mol. The Balaban J connectivity index is 1.41. The van der Waals surface area contributed by atoms with Gasteiger partial charge >= 0.3 is 0 Å². The summed E-state index contributed by atoms with van der Waals surface area (Å²) in [7, 11) is 1.50. The van der Waals surface area contributed by atoms with Gasteiger partial charge in [0.1, 0.15) is 11.3 Å². The molecule has 0 saturated carbocycles. The highest BCUT2D eigenvalue weighted by Crippen LogP contribution is 2.37. The minimum absolute atomic E-state index is 0.00565. The Morgan fingerprint density at radius 1 is 0.971 bits per heavy atom. The third-order valence-electron chi connectivity index (χ3n) is 5.29. The minimum atomic E-state index is -0.497. The molecule has 1 saturated heterocycles. The van der Waals surface area contributed by atoms with Crippen LogP contribution in [0.3, 0.4) is 0 Å². The Morgan fingerprint density at radius 2 is 1.69 bits per heavy atom. The molecule has 1 fully saturated rings. The molecule has 1 aliphatic rings. The number of hydrogen-bond acceptors (Lipinski definition) is 5. The molecule has 0 unspecified atom stereocenters. The summed E-state index contributed by atoms with van der Waals surface area (Å²) in [4.78, 5) is 25.3. The number of aryl methyl sites for hydroxylation is 1. The van der Waals surface area contributed by atoms with E-state index in [1.165, 1.54) is 23.8 Å². The fourth-order valence-electron chi connectivity index (χ4n) is 3.50. The summed E-state index contributed by atoms with van der Waals surface area (Å²) in [6.45, 7) is 2.88. The molecule has 2 amide bonds. The molecule has 8 heteroatoms. The molecule has 3 aromatic rings. The summed E-state index contributed by atoms with van der Waals surface area (Å²) in [5.74, 6) is 0.641. The average molecular weight is 493 g/mol. The van der Waals surface area contributed by atoms with Gasteiger partial charge < -0.3 is 14.2 Å². The molecule has 7 nitrogen and oxygen atoms in total. The van der Waals surface area contributed by atoms with Crippen molar-refractivity contribution in [2.45, 2.75) is 13.3 Å². The zero-order chi connectivity index (χ0) is 24.8. The van der Waals surface area contributed by atoms with E-state index in [0.29, 0.717) is 47.4 Å². The molecule has 35 heavy (non-hydrogen) atoms. The lowest BCUT2D eigenvalue weighted by molar-refractivity contribution is -0.117. The molecule has 0 spiro atoms. The van der Waals surface area contributed by atoms with E-state index in [0.717, 1.165) is 5.75 Å². The van der Waals surface area contributed by atoms with Crippen LogP contribution < -0.4 is 24.6 Å². The highest BCUT2D eigenvalue weighted by Gasteiger charge is 2.34. The fourth-order valence-corrected chi connectivity index (χ4v) is 3.78. The number of carbonyl (C=O) groups excluding carboxylic acids is 2. The van der Waals surface area contributed by atoms with Crippen LogP contribution in [0.2, 0.25) is 5.02 Å². The van der Waals surface area contributed by atoms with Gasteiger partial charge in [-0.25, -0.2) is 5.01 Å². The molecule has 1 heterocycles. The van der Waals surface area contributed by atoms with Crippen LogP contribution in [0.4, 0.5) is 5.69 Å². The normalized spacial score (nSPS) is 14.3. The molecule has 1 N–H and O–H groups in total. The van der Waals surface area contributed by atoms with Crippen molar-refractivity contribution in [3.8, 4) is 17.2 Å². The number of nitrogens with zero attached hydrogens (tertiary/aromatic N) is 1. The minimum Gasteiger partial charge on any atom is -0.493 e. The molecule has 0 radical (unpaired) electrons. The maximum absolute atomic E-state index is 12.8. The number of nitrogens with one attached hydrogen (secondary N) is 1. The molecule has 4 rings (SSSR count). The Bertz CT molecular complexity index is 1240. The van der Waals surface area contributed by atoms with Crippen LogP contribution in [0.1, 0.15) is 17.5 Å². The molecule has 0 aromatic heterocycles. The topological polar surface area (TPSA) is 77.1 Å². The summed E-state index contributed by atoms with van der Waals surface area (Å²) in [6.07, 6.45) is 2.12. The standard InChI is InChI=1S/C27H25ClN2O5/c1-18-9-11-21(12-10-18)34-13-6-14-35-25-23(28)16-19(17-24(25)33-2)15-22-26(31)29-30(27(22)32)20-7-4-3-5-8-20/h3-5,7-12,15-17H,6,13-14H2,1-2H3,(H,29,31)/b22-15+. The van der Waals surface area contributed by atoms with E-state index in [9.17, 15) is 9.59 Å². The van der Waals surface area contributed by atoms with Crippen LogP contribution in [-0.4, -0.2) is 32.1 Å². The van der Waals surface area contributed by atoms with Crippen molar-refractivity contribution in [1.82, 2.24) is 5.43 Å². The van der Waals surface area contributed by atoms with Crippen LogP contribution in [0.25, 0.3) is 6.08 Å². The van der Waals surface area contributed by atoms with Crippen molar-refractivity contribution in [3.63, 3.8) is 0 Å². The number of para-hydroxylation sites is 1. The Labute approximate surface area is 208 Å². The summed E-state index contributed by atoms with van der Waals surface area (Å²) in [6, 6.07) is 20.0. The van der Waals surface area contributed by atoms with E-state index in [2.05, 4.69) is 5.43 Å². The van der Waals surface area contributed by atoms with Crippen LogP contribution in [0, 0.1) is 6.92 Å². The third kappa shape index (κ3) is 5.75. The van der Waals surface area contributed by atoms with Gasteiger partial charge in [0.25, 0.3) is 11.8 Å². The second-order valence-electron chi connectivity index (χ2n) is 7.87. The van der Waals surface area contributed by atoms with Crippen LogP contribution in [-0.2, 0) is 9.59 Å². The summed E-state index contributed by atoms with van der Waals surface area (Å²) >= 11 is 6.46. The lowest BCUT2D eigenvalue weighted by Gasteiger charge is -2.14. The monoisotopic (exact) mass is 492 g/mol. The number of rotatable bonds is 9. The van der Waals surface area contributed by atoms with Crippen molar-refractivity contribution in [1.29, 1.82) is 0 Å². The van der Waals surface area contributed by atoms with Gasteiger partial charge in [-0.05, 0) is 55.0 Å². The van der Waals surface area contributed by atoms with Gasteiger partial charge in [0.15, 0.2) is 11.5 Å². The first-order valence-corrected chi connectivity index (χ1v) is 11.5. The highest BCUT2D eigenvalue weighted by molar-refractivity contribution is 6.33. The molecule has 180 valence electrons. The van der Waals surface area contributed by atoms with Crippen molar-refractivity contribution in [2.75, 3.05) is 25.3 Å². The largest absolute Gasteiger partial charge is 0.493 e. The van der Waals surface area contributed by atoms with Gasteiger partial charge in [0.05, 0.1) is 31.0 Å². The first-order chi connectivity index (χ1) is 17.0. The van der Waals surface area contributed by atoms with Crippen molar-refractivity contribution < 1.29 is 23.8 Å². The molecule has 3 aromatic carbocycles. The lowest BCUT2D eigenvalue weighted by Crippen LogP contribution is -2.35. The summed E-state index contributed by atoms with van der Waals surface area (Å²) in [5.41, 5.74) is 4.85. The SMILES string of the molecule is COc1cc(/C=C2\C(=O)NN(c3ccccc3)C2=O)cc(Cl)c1OCCCOc1ccc(C)cc1. The van der Waals surface area contributed by atoms with Gasteiger partial charge in [-0.3, -0.25) is 15.0 Å². The van der Waals surface area contributed by atoms with E-state index in [-0.39, 0.29) is 5.57 Å². The number of ether oxygens (including phenoxy) is 3. The second-order valence-corrected chi connectivity index (χ2v) is 8.28. The van der Waals surface area contributed by atoms with Gasteiger partial charge in [0.2, 0.25) is 0 Å². The fraction of sp³-hybridized carbons (Fsp3) is 0.185. The lowest BCUT2D eigenvalue weighted by atomic mass is 10.1. The van der Waals surface area contributed by atoms with Gasteiger partial charge in [-0.15, -0.1) is 0 Å². The second kappa shape index (κ2) is 11.0. The number of hydrogen-bond donors (Lipinski definition) is 1. The molecule has 0 atom stereocenters. The zero-order valence-corrected chi connectivity index (χ0v) is 20.2. The predicted molar refractivity (Wildman–Crippen MR) is 135 cm³/mol. The number of benzene rings is 3. The highest BCUT2D eigenvalue weighted by atomic mass is 35.5. The predicted octanol–water partition coefficient (Wildman–Crippen LogP) is 4.97. The van der Waals surface area contributed by atoms with Gasteiger partial charge in [-0.2, -0.15) is 0 Å². The quantitative estimate of drug-likeness (QED) is 0.259.